The van der Waals surface area contributed by atoms with Crippen molar-refractivity contribution in [2.75, 3.05) is 0 Å². The van der Waals surface area contributed by atoms with Gasteiger partial charge in [0.25, 0.3) is 0 Å². The third-order valence-electron chi connectivity index (χ3n) is 3.09. The lowest BCUT2D eigenvalue weighted by Crippen LogP contribution is -1.94. The molecule has 0 aliphatic heterocycles. The number of benzene rings is 1. The largest absolute Gasteiger partial charge is 0.478 e. The van der Waals surface area contributed by atoms with Crippen molar-refractivity contribution in [1.82, 2.24) is 9.97 Å². The van der Waals surface area contributed by atoms with E-state index in [1.165, 1.54) is 12.1 Å². The molecule has 3 rings (SSSR count). The van der Waals surface area contributed by atoms with E-state index < -0.39 is 5.97 Å². The Morgan fingerprint density at radius 1 is 1.15 bits per heavy atom. The molecule has 1 N–H and O–H groups in total. The van der Waals surface area contributed by atoms with Crippen molar-refractivity contribution in [3.63, 3.8) is 0 Å². The van der Waals surface area contributed by atoms with E-state index >= 15 is 0 Å². The lowest BCUT2D eigenvalue weighted by molar-refractivity contribution is 0.0697. The van der Waals surface area contributed by atoms with Crippen molar-refractivity contribution in [2.45, 2.75) is 13.8 Å². The zero-order chi connectivity index (χ0) is 14.3. The first kappa shape index (κ1) is 12.3. The number of hydrogen-bond acceptors (Lipinski definition) is 4. The predicted molar refractivity (Wildman–Crippen MR) is 73.7 cm³/mol. The molecule has 100 valence electrons. The summed E-state index contributed by atoms with van der Waals surface area (Å²) in [6.45, 7) is 3.81. The van der Waals surface area contributed by atoms with E-state index in [1.54, 1.807) is 6.07 Å². The van der Waals surface area contributed by atoms with Gasteiger partial charge in [-0.05, 0) is 44.2 Å². The van der Waals surface area contributed by atoms with Crippen LogP contribution in [0.4, 0.5) is 0 Å². The Kier molecular flexibility index (Phi) is 2.75. The highest BCUT2D eigenvalue weighted by Gasteiger charge is 2.13. The first-order chi connectivity index (χ1) is 9.54. The molecule has 0 bridgehead atoms. The van der Waals surface area contributed by atoms with Crippen LogP contribution >= 0.6 is 0 Å². The monoisotopic (exact) mass is 268 g/mol. The smallest absolute Gasteiger partial charge is 0.335 e. The molecule has 0 fully saturated rings. The topological polar surface area (TPSA) is 76.2 Å². The van der Waals surface area contributed by atoms with Crippen LogP contribution in [0.25, 0.3) is 22.6 Å². The Hall–Kier alpha value is -2.69. The molecule has 0 amide bonds. The van der Waals surface area contributed by atoms with Gasteiger partial charge >= 0.3 is 5.97 Å². The quantitative estimate of drug-likeness (QED) is 0.772. The number of carboxylic acids is 1. The van der Waals surface area contributed by atoms with Crippen LogP contribution in [-0.2, 0) is 0 Å². The zero-order valence-corrected chi connectivity index (χ0v) is 11.0. The van der Waals surface area contributed by atoms with E-state index in [9.17, 15) is 4.79 Å². The van der Waals surface area contributed by atoms with Gasteiger partial charge < -0.3 is 9.52 Å². The summed E-state index contributed by atoms with van der Waals surface area (Å²) in [5.41, 5.74) is 3.83. The van der Waals surface area contributed by atoms with Gasteiger partial charge in [-0.15, -0.1) is 0 Å². The Labute approximate surface area is 114 Å². The molecule has 0 radical (unpaired) electrons. The Bertz CT molecular complexity index is 821. The van der Waals surface area contributed by atoms with Gasteiger partial charge in [-0.1, -0.05) is 0 Å². The number of rotatable bonds is 2. The van der Waals surface area contributed by atoms with Crippen LogP contribution in [0, 0.1) is 13.8 Å². The number of hydrogen-bond donors (Lipinski definition) is 1. The van der Waals surface area contributed by atoms with Crippen LogP contribution in [-0.4, -0.2) is 21.0 Å². The number of fused-ring (bicyclic) bond motifs is 1. The van der Waals surface area contributed by atoms with Crippen molar-refractivity contribution >= 4 is 17.1 Å². The molecule has 1 aromatic carbocycles. The predicted octanol–water partition coefficient (Wildman–Crippen LogP) is 3.20. The molecule has 2 aromatic heterocycles. The second-order valence-electron chi connectivity index (χ2n) is 4.59. The average Bonchev–Trinajstić information content (AvgIpc) is 2.80. The maximum atomic E-state index is 10.9. The normalized spacial score (nSPS) is 10.9. The minimum Gasteiger partial charge on any atom is -0.478 e. The van der Waals surface area contributed by atoms with Gasteiger partial charge in [0.15, 0.2) is 5.58 Å². The zero-order valence-electron chi connectivity index (χ0n) is 11.0. The molecule has 0 unspecified atom stereocenters. The van der Waals surface area contributed by atoms with Crippen LogP contribution in [0.3, 0.4) is 0 Å². The number of aromatic nitrogens is 2. The van der Waals surface area contributed by atoms with E-state index in [4.69, 9.17) is 9.52 Å². The molecular formula is C15H12N2O3. The summed E-state index contributed by atoms with van der Waals surface area (Å²) in [6, 6.07) is 8.42. The molecule has 5 nitrogen and oxygen atoms in total. The molecule has 0 spiro atoms. The Morgan fingerprint density at radius 3 is 2.65 bits per heavy atom. The Morgan fingerprint density at radius 2 is 1.95 bits per heavy atom. The third kappa shape index (κ3) is 2.03. The van der Waals surface area contributed by atoms with Crippen molar-refractivity contribution < 1.29 is 14.3 Å². The van der Waals surface area contributed by atoms with Crippen molar-refractivity contribution in [3.05, 3.63) is 47.3 Å². The van der Waals surface area contributed by atoms with Crippen molar-refractivity contribution in [3.8, 4) is 11.5 Å². The number of carbonyl (C=O) groups is 1. The minimum atomic E-state index is -0.988. The lowest BCUT2D eigenvalue weighted by atomic mass is 10.2. The SMILES string of the molecule is Cc1ccc(-c2nc3ccc(C(=O)O)cc3o2)c(C)n1. The van der Waals surface area contributed by atoms with E-state index in [1.807, 2.05) is 26.0 Å². The molecule has 20 heavy (non-hydrogen) atoms. The van der Waals surface area contributed by atoms with Crippen LogP contribution in [0.2, 0.25) is 0 Å². The van der Waals surface area contributed by atoms with Crippen molar-refractivity contribution in [1.29, 1.82) is 0 Å². The summed E-state index contributed by atoms with van der Waals surface area (Å²) >= 11 is 0. The second kappa shape index (κ2) is 4.45. The van der Waals surface area contributed by atoms with Crippen molar-refractivity contribution in [2.24, 2.45) is 0 Å². The number of aryl methyl sites for hydroxylation is 2. The lowest BCUT2D eigenvalue weighted by Gasteiger charge is -2.00. The summed E-state index contributed by atoms with van der Waals surface area (Å²) in [5, 5.41) is 8.97. The van der Waals surface area contributed by atoms with Crippen LogP contribution in [0.1, 0.15) is 21.7 Å². The first-order valence-corrected chi connectivity index (χ1v) is 6.13. The molecular weight excluding hydrogens is 256 g/mol. The maximum Gasteiger partial charge on any atom is 0.335 e. The van der Waals surface area contributed by atoms with Gasteiger partial charge in [0.1, 0.15) is 5.52 Å². The van der Waals surface area contributed by atoms with Gasteiger partial charge in [-0.3, -0.25) is 4.98 Å². The number of aromatic carboxylic acids is 1. The summed E-state index contributed by atoms with van der Waals surface area (Å²) in [7, 11) is 0. The second-order valence-corrected chi connectivity index (χ2v) is 4.59. The van der Waals surface area contributed by atoms with Gasteiger partial charge in [-0.2, -0.15) is 0 Å². The Balaban J connectivity index is 2.15. The molecule has 0 saturated heterocycles. The molecule has 5 heteroatoms. The highest BCUT2D eigenvalue weighted by atomic mass is 16.4. The number of carboxylic acid groups (broad SMARTS) is 1. The van der Waals surface area contributed by atoms with Crippen LogP contribution in [0.5, 0.6) is 0 Å². The third-order valence-corrected chi connectivity index (χ3v) is 3.09. The fourth-order valence-electron chi connectivity index (χ4n) is 2.09. The molecule has 0 aliphatic rings. The fraction of sp³-hybridized carbons (Fsp3) is 0.133. The van der Waals surface area contributed by atoms with Crippen LogP contribution < -0.4 is 0 Å². The van der Waals surface area contributed by atoms with Gasteiger partial charge in [0.05, 0.1) is 16.8 Å². The van der Waals surface area contributed by atoms with E-state index in [2.05, 4.69) is 9.97 Å². The molecule has 0 saturated carbocycles. The van der Waals surface area contributed by atoms with Gasteiger partial charge in [0, 0.05) is 5.69 Å². The number of nitrogens with zero attached hydrogens (tertiary/aromatic N) is 2. The van der Waals surface area contributed by atoms with E-state index in [0.717, 1.165) is 17.0 Å². The average molecular weight is 268 g/mol. The van der Waals surface area contributed by atoms with Gasteiger partial charge in [-0.25, -0.2) is 9.78 Å². The molecule has 0 aliphatic carbocycles. The summed E-state index contributed by atoms with van der Waals surface area (Å²) in [4.78, 5) is 19.7. The molecule has 3 aromatic rings. The number of pyridine rings is 1. The fourth-order valence-corrected chi connectivity index (χ4v) is 2.09. The first-order valence-electron chi connectivity index (χ1n) is 6.13. The number of oxazole rings is 1. The maximum absolute atomic E-state index is 10.9. The highest BCUT2D eigenvalue weighted by molar-refractivity contribution is 5.92. The highest BCUT2D eigenvalue weighted by Crippen LogP contribution is 2.26. The van der Waals surface area contributed by atoms with E-state index in [0.29, 0.717) is 17.0 Å². The van der Waals surface area contributed by atoms with E-state index in [-0.39, 0.29) is 5.56 Å². The van der Waals surface area contributed by atoms with Gasteiger partial charge in [0.2, 0.25) is 5.89 Å². The molecule has 2 heterocycles. The summed E-state index contributed by atoms with van der Waals surface area (Å²) in [5.74, 6) is -0.537. The summed E-state index contributed by atoms with van der Waals surface area (Å²) < 4.78 is 5.65. The summed E-state index contributed by atoms with van der Waals surface area (Å²) in [6.07, 6.45) is 0. The minimum absolute atomic E-state index is 0.180. The van der Waals surface area contributed by atoms with Crippen LogP contribution in [0.15, 0.2) is 34.7 Å². The standard InChI is InChI=1S/C15H12N2O3/c1-8-3-5-11(9(2)16-8)14-17-12-6-4-10(15(18)19)7-13(12)20-14/h3-7H,1-2H3,(H,18,19). The molecule has 0 atom stereocenters.